The highest BCUT2D eigenvalue weighted by Crippen LogP contribution is 1.90. The largest absolute Gasteiger partial charge is 0.399 e. The lowest BCUT2D eigenvalue weighted by atomic mass is 10.3. The molecule has 0 aliphatic carbocycles. The topological polar surface area (TPSA) is 26.0 Å². The van der Waals surface area contributed by atoms with Gasteiger partial charge < -0.3 is 5.73 Å². The van der Waals surface area contributed by atoms with Crippen molar-refractivity contribution in [1.82, 2.24) is 0 Å². The number of hydrogen-bond donors (Lipinski definition) is 1. The van der Waals surface area contributed by atoms with Gasteiger partial charge >= 0.3 is 0 Å². The first-order valence-electron chi connectivity index (χ1n) is 2.41. The van der Waals surface area contributed by atoms with Crippen LogP contribution in [0.4, 0.5) is 0 Å². The highest BCUT2D eigenvalue weighted by atomic mass is 14.5. The molecule has 0 bridgehead atoms. The van der Waals surface area contributed by atoms with Crippen molar-refractivity contribution in [2.75, 3.05) is 0 Å². The van der Waals surface area contributed by atoms with Gasteiger partial charge in [0.05, 0.1) is 0 Å². The van der Waals surface area contributed by atoms with E-state index in [0.717, 1.165) is 5.57 Å². The molecule has 0 rings (SSSR count). The van der Waals surface area contributed by atoms with Gasteiger partial charge in [0.25, 0.3) is 0 Å². The summed E-state index contributed by atoms with van der Waals surface area (Å²) in [6.45, 7) is 9.02. The van der Waals surface area contributed by atoms with Gasteiger partial charge in [0, 0.05) is 5.70 Å². The number of nitrogens with two attached hydrogens (primary N) is 1. The van der Waals surface area contributed by atoms with Crippen LogP contribution in [0, 0.1) is 0 Å². The van der Waals surface area contributed by atoms with Crippen molar-refractivity contribution in [2.24, 2.45) is 5.73 Å². The van der Waals surface area contributed by atoms with Crippen molar-refractivity contribution in [3.8, 4) is 0 Å². The molecule has 2 N–H and O–H groups in total. The van der Waals surface area contributed by atoms with Crippen LogP contribution < -0.4 is 5.73 Å². The first-order chi connectivity index (χ1) is 3.63. The molecule has 0 spiro atoms. The lowest BCUT2D eigenvalue weighted by Crippen LogP contribution is -1.87. The molecule has 8 heavy (non-hydrogen) atoms. The van der Waals surface area contributed by atoms with Gasteiger partial charge in [-0.3, -0.25) is 0 Å². The maximum atomic E-state index is 5.22. The molecule has 0 aromatic rings. The summed E-state index contributed by atoms with van der Waals surface area (Å²) in [7, 11) is 0. The highest BCUT2D eigenvalue weighted by molar-refractivity contribution is 5.20. The summed E-state index contributed by atoms with van der Waals surface area (Å²) >= 11 is 0. The lowest BCUT2D eigenvalue weighted by molar-refractivity contribution is 1.43. The van der Waals surface area contributed by atoms with E-state index >= 15 is 0 Å². The van der Waals surface area contributed by atoms with Crippen molar-refractivity contribution in [3.63, 3.8) is 0 Å². The van der Waals surface area contributed by atoms with Gasteiger partial charge in [-0.1, -0.05) is 24.8 Å². The average molecular weight is 109 g/mol. The molecule has 0 radical (unpaired) electrons. The molecule has 0 amide bonds. The second kappa shape index (κ2) is 3.08. The van der Waals surface area contributed by atoms with Gasteiger partial charge in [0.1, 0.15) is 0 Å². The second-order valence-electron chi connectivity index (χ2n) is 1.75. The molecule has 0 unspecified atom stereocenters. The molecule has 0 fully saturated rings. The monoisotopic (exact) mass is 109 g/mol. The van der Waals surface area contributed by atoms with E-state index in [1.165, 1.54) is 0 Å². The number of rotatable bonds is 2. The van der Waals surface area contributed by atoms with Crippen LogP contribution in [-0.4, -0.2) is 0 Å². The van der Waals surface area contributed by atoms with Crippen LogP contribution in [0.2, 0.25) is 0 Å². The third kappa shape index (κ3) is 5.02. The molecule has 0 aliphatic heterocycles. The Bertz CT molecular complexity index is 115. The van der Waals surface area contributed by atoms with Crippen molar-refractivity contribution in [2.45, 2.75) is 6.92 Å². The molecule has 0 heterocycles. The average Bonchev–Trinajstić information content (AvgIpc) is 1.61. The Hall–Kier alpha value is -0.980. The molecule has 0 aliphatic rings. The van der Waals surface area contributed by atoms with Crippen molar-refractivity contribution in [3.05, 3.63) is 36.6 Å². The van der Waals surface area contributed by atoms with E-state index in [2.05, 4.69) is 13.2 Å². The molecular formula is C7H11N. The Labute approximate surface area is 50.2 Å². The summed E-state index contributed by atoms with van der Waals surface area (Å²) in [5.41, 5.74) is 6.76. The first kappa shape index (κ1) is 7.02. The Balaban J connectivity index is 3.67. The van der Waals surface area contributed by atoms with Gasteiger partial charge in [0.15, 0.2) is 0 Å². The van der Waals surface area contributed by atoms with Gasteiger partial charge in [-0.2, -0.15) is 0 Å². The van der Waals surface area contributed by atoms with E-state index in [4.69, 9.17) is 5.73 Å². The van der Waals surface area contributed by atoms with Crippen LogP contribution in [0.5, 0.6) is 0 Å². The van der Waals surface area contributed by atoms with Gasteiger partial charge in [0.2, 0.25) is 0 Å². The quantitative estimate of drug-likeness (QED) is 0.535. The zero-order chi connectivity index (χ0) is 6.57. The molecule has 44 valence electrons. The standard InChI is InChI=1S/C7H11N/c1-6(2)4-5-7(3)8/h4-5H,1,3,8H2,2H3/b5-4-. The van der Waals surface area contributed by atoms with E-state index in [1.54, 1.807) is 6.08 Å². The van der Waals surface area contributed by atoms with Crippen LogP contribution in [0.25, 0.3) is 0 Å². The van der Waals surface area contributed by atoms with Gasteiger partial charge in [-0.15, -0.1) is 0 Å². The van der Waals surface area contributed by atoms with E-state index in [0.29, 0.717) is 5.70 Å². The third-order valence-electron chi connectivity index (χ3n) is 0.582. The zero-order valence-corrected chi connectivity index (χ0v) is 5.15. The van der Waals surface area contributed by atoms with Crippen molar-refractivity contribution in [1.29, 1.82) is 0 Å². The normalized spacial score (nSPS) is 9.62. The maximum absolute atomic E-state index is 5.22. The summed E-state index contributed by atoms with van der Waals surface area (Å²) in [5, 5.41) is 0. The highest BCUT2D eigenvalue weighted by Gasteiger charge is 1.72. The Morgan fingerprint density at radius 3 is 2.00 bits per heavy atom. The summed E-state index contributed by atoms with van der Waals surface area (Å²) in [6, 6.07) is 0. The molecule has 0 saturated carbocycles. The fourth-order valence-corrected chi connectivity index (χ4v) is 0.249. The molecule has 0 atom stereocenters. The van der Waals surface area contributed by atoms with Gasteiger partial charge in [-0.25, -0.2) is 0 Å². The fraction of sp³-hybridized carbons (Fsp3) is 0.143. The Kier molecular flexibility index (Phi) is 2.70. The minimum absolute atomic E-state index is 0.563. The van der Waals surface area contributed by atoms with E-state index in [-0.39, 0.29) is 0 Å². The third-order valence-corrected chi connectivity index (χ3v) is 0.582. The van der Waals surface area contributed by atoms with E-state index in [1.807, 2.05) is 13.0 Å². The predicted octanol–water partition coefficient (Wildman–Crippen LogP) is 1.59. The van der Waals surface area contributed by atoms with Crippen LogP contribution >= 0.6 is 0 Å². The lowest BCUT2D eigenvalue weighted by Gasteiger charge is -1.84. The predicted molar refractivity (Wildman–Crippen MR) is 37.3 cm³/mol. The van der Waals surface area contributed by atoms with E-state index in [9.17, 15) is 0 Å². The molecule has 1 heteroatoms. The van der Waals surface area contributed by atoms with Crippen molar-refractivity contribution >= 4 is 0 Å². The minimum atomic E-state index is 0.563. The second-order valence-corrected chi connectivity index (χ2v) is 1.75. The summed E-state index contributed by atoms with van der Waals surface area (Å²) < 4.78 is 0. The smallest absolute Gasteiger partial charge is 0.0241 e. The van der Waals surface area contributed by atoms with Crippen LogP contribution in [-0.2, 0) is 0 Å². The molecule has 0 aromatic heterocycles. The van der Waals surface area contributed by atoms with E-state index < -0.39 is 0 Å². The molecule has 0 aromatic carbocycles. The van der Waals surface area contributed by atoms with Crippen LogP contribution in [0.3, 0.4) is 0 Å². The number of hydrogen-bond acceptors (Lipinski definition) is 1. The summed E-state index contributed by atoms with van der Waals surface area (Å²) in [6.07, 6.45) is 3.55. The summed E-state index contributed by atoms with van der Waals surface area (Å²) in [4.78, 5) is 0. The number of allylic oxidation sites excluding steroid dienone is 3. The molecular weight excluding hydrogens is 98.1 g/mol. The summed E-state index contributed by atoms with van der Waals surface area (Å²) in [5.74, 6) is 0. The SMILES string of the molecule is C=C(C)/C=C\C(=C)N. The van der Waals surface area contributed by atoms with Gasteiger partial charge in [-0.05, 0) is 13.0 Å². The molecule has 0 saturated heterocycles. The zero-order valence-electron chi connectivity index (χ0n) is 5.15. The Morgan fingerprint density at radius 2 is 1.88 bits per heavy atom. The maximum Gasteiger partial charge on any atom is 0.0241 e. The Morgan fingerprint density at radius 1 is 1.38 bits per heavy atom. The first-order valence-corrected chi connectivity index (χ1v) is 2.41. The fourth-order valence-electron chi connectivity index (χ4n) is 0.249. The van der Waals surface area contributed by atoms with Crippen LogP contribution in [0.1, 0.15) is 6.92 Å². The minimum Gasteiger partial charge on any atom is -0.399 e. The van der Waals surface area contributed by atoms with Crippen LogP contribution in [0.15, 0.2) is 36.6 Å². The van der Waals surface area contributed by atoms with Crippen molar-refractivity contribution < 1.29 is 0 Å². The molecule has 1 nitrogen and oxygen atoms in total.